The number of hydrogen-bond donors (Lipinski definition) is 2. The minimum Gasteiger partial charge on any atom is -0.444 e. The molecule has 22 heavy (non-hydrogen) atoms. The Morgan fingerprint density at radius 1 is 1.27 bits per heavy atom. The number of amides is 1. The topological polar surface area (TPSA) is 50.4 Å². The van der Waals surface area contributed by atoms with Crippen LogP contribution in [0.25, 0.3) is 0 Å². The van der Waals surface area contributed by atoms with Crippen molar-refractivity contribution in [1.82, 2.24) is 10.6 Å². The molecule has 0 aliphatic carbocycles. The van der Waals surface area contributed by atoms with E-state index in [-0.39, 0.29) is 12.4 Å². The third-order valence-electron chi connectivity index (χ3n) is 2.88. The summed E-state index contributed by atoms with van der Waals surface area (Å²) in [5.41, 5.74) is -0.570. The molecular formula is C16H24ClFN2O2. The molecule has 0 aromatic heterocycles. The molecule has 1 amide bonds. The quantitative estimate of drug-likeness (QED) is 0.861. The van der Waals surface area contributed by atoms with Gasteiger partial charge in [-0.25, -0.2) is 9.18 Å². The molecule has 0 saturated heterocycles. The highest BCUT2D eigenvalue weighted by molar-refractivity contribution is 6.31. The van der Waals surface area contributed by atoms with Gasteiger partial charge in [0, 0.05) is 29.2 Å². The van der Waals surface area contributed by atoms with Crippen molar-refractivity contribution >= 4 is 17.7 Å². The van der Waals surface area contributed by atoms with E-state index < -0.39 is 17.2 Å². The molecule has 0 saturated carbocycles. The van der Waals surface area contributed by atoms with Gasteiger partial charge in [0.1, 0.15) is 11.4 Å². The van der Waals surface area contributed by atoms with Crippen LogP contribution in [-0.4, -0.2) is 23.8 Å². The largest absolute Gasteiger partial charge is 0.444 e. The molecule has 0 radical (unpaired) electrons. The van der Waals surface area contributed by atoms with Crippen LogP contribution in [0.4, 0.5) is 9.18 Å². The summed E-state index contributed by atoms with van der Waals surface area (Å²) in [4.78, 5) is 11.6. The molecule has 0 atom stereocenters. The Labute approximate surface area is 136 Å². The molecule has 0 spiro atoms. The highest BCUT2D eigenvalue weighted by Crippen LogP contribution is 2.19. The maximum absolute atomic E-state index is 13.7. The van der Waals surface area contributed by atoms with Crippen molar-refractivity contribution < 1.29 is 13.9 Å². The highest BCUT2D eigenvalue weighted by atomic mass is 35.5. The molecule has 0 fully saturated rings. The standard InChI is InChI=1S/C16H24ClFN2O2/c1-15(2,3)22-14(21)19-10-16(4,5)20-9-11-12(17)7-6-8-13(11)18/h6-8,20H,9-10H2,1-5H3,(H,19,21). The van der Waals surface area contributed by atoms with Gasteiger partial charge in [-0.15, -0.1) is 0 Å². The van der Waals surface area contributed by atoms with Gasteiger partial charge in [-0.2, -0.15) is 0 Å². The molecule has 1 rings (SSSR count). The third-order valence-corrected chi connectivity index (χ3v) is 3.23. The second kappa shape index (κ2) is 7.29. The summed E-state index contributed by atoms with van der Waals surface area (Å²) < 4.78 is 18.9. The molecule has 124 valence electrons. The summed E-state index contributed by atoms with van der Waals surface area (Å²) in [7, 11) is 0. The fraction of sp³-hybridized carbons (Fsp3) is 0.562. The van der Waals surface area contributed by atoms with E-state index in [1.165, 1.54) is 6.07 Å². The number of carbonyl (C=O) groups is 1. The van der Waals surface area contributed by atoms with E-state index in [4.69, 9.17) is 16.3 Å². The van der Waals surface area contributed by atoms with E-state index in [0.717, 1.165) is 0 Å². The third kappa shape index (κ3) is 6.62. The first-order valence-corrected chi connectivity index (χ1v) is 7.53. The van der Waals surface area contributed by atoms with Crippen LogP contribution >= 0.6 is 11.6 Å². The molecule has 2 N–H and O–H groups in total. The van der Waals surface area contributed by atoms with Crippen LogP contribution in [0.2, 0.25) is 5.02 Å². The van der Waals surface area contributed by atoms with E-state index in [2.05, 4.69) is 10.6 Å². The lowest BCUT2D eigenvalue weighted by Crippen LogP contribution is -2.49. The predicted molar refractivity (Wildman–Crippen MR) is 86.6 cm³/mol. The Bertz CT molecular complexity index is 507. The maximum atomic E-state index is 13.7. The Kier molecular flexibility index (Phi) is 6.20. The Hall–Kier alpha value is -1.33. The Morgan fingerprint density at radius 3 is 2.45 bits per heavy atom. The van der Waals surface area contributed by atoms with Crippen LogP contribution in [-0.2, 0) is 11.3 Å². The lowest BCUT2D eigenvalue weighted by atomic mass is 10.0. The van der Waals surface area contributed by atoms with E-state index in [1.807, 2.05) is 13.8 Å². The summed E-state index contributed by atoms with van der Waals surface area (Å²) in [6.45, 7) is 9.82. The molecule has 0 bridgehead atoms. The number of carbonyl (C=O) groups excluding carboxylic acids is 1. The van der Waals surface area contributed by atoms with Gasteiger partial charge in [0.05, 0.1) is 0 Å². The fourth-order valence-electron chi connectivity index (χ4n) is 1.70. The van der Waals surface area contributed by atoms with Gasteiger partial charge in [0.15, 0.2) is 0 Å². The second-order valence-electron chi connectivity index (χ2n) is 6.79. The summed E-state index contributed by atoms with van der Waals surface area (Å²) in [6.07, 6.45) is -0.480. The number of halogens is 2. The van der Waals surface area contributed by atoms with Crippen molar-refractivity contribution in [2.75, 3.05) is 6.54 Å². The molecule has 0 aliphatic heterocycles. The van der Waals surface area contributed by atoms with Gasteiger partial charge >= 0.3 is 6.09 Å². The average Bonchev–Trinajstić information content (AvgIpc) is 2.34. The second-order valence-corrected chi connectivity index (χ2v) is 7.20. The molecule has 1 aromatic rings. The number of benzene rings is 1. The summed E-state index contributed by atoms with van der Waals surface area (Å²) >= 11 is 5.99. The normalized spacial score (nSPS) is 12.1. The van der Waals surface area contributed by atoms with Crippen LogP contribution in [0.15, 0.2) is 18.2 Å². The zero-order valence-electron chi connectivity index (χ0n) is 13.7. The van der Waals surface area contributed by atoms with Gasteiger partial charge in [0.2, 0.25) is 0 Å². The highest BCUT2D eigenvalue weighted by Gasteiger charge is 2.22. The monoisotopic (exact) mass is 330 g/mol. The van der Waals surface area contributed by atoms with Crippen molar-refractivity contribution in [3.05, 3.63) is 34.6 Å². The predicted octanol–water partition coefficient (Wildman–Crippen LogP) is 3.87. The molecule has 4 nitrogen and oxygen atoms in total. The summed E-state index contributed by atoms with van der Waals surface area (Å²) in [5.74, 6) is -0.351. The molecule has 0 heterocycles. The number of rotatable bonds is 5. The minimum absolute atomic E-state index is 0.272. The Morgan fingerprint density at radius 2 is 1.91 bits per heavy atom. The molecule has 6 heteroatoms. The SMILES string of the molecule is CC(C)(CNC(=O)OC(C)(C)C)NCc1c(F)cccc1Cl. The van der Waals surface area contributed by atoms with Gasteiger partial charge < -0.3 is 15.4 Å². The zero-order chi connectivity index (χ0) is 17.0. The number of hydrogen-bond acceptors (Lipinski definition) is 3. The van der Waals surface area contributed by atoms with Gasteiger partial charge in [-0.05, 0) is 46.8 Å². The van der Waals surface area contributed by atoms with Crippen molar-refractivity contribution in [3.8, 4) is 0 Å². The van der Waals surface area contributed by atoms with Crippen molar-refractivity contribution in [2.45, 2.75) is 52.3 Å². The van der Waals surface area contributed by atoms with Crippen molar-refractivity contribution in [3.63, 3.8) is 0 Å². The first-order chi connectivity index (χ1) is 10.0. The van der Waals surface area contributed by atoms with E-state index in [1.54, 1.807) is 32.9 Å². The summed E-state index contributed by atoms with van der Waals surface area (Å²) in [5, 5.41) is 6.25. The first-order valence-electron chi connectivity index (χ1n) is 7.15. The molecule has 1 aromatic carbocycles. The first kappa shape index (κ1) is 18.7. The van der Waals surface area contributed by atoms with Crippen LogP contribution < -0.4 is 10.6 Å². The molecule has 0 aliphatic rings. The van der Waals surface area contributed by atoms with Crippen LogP contribution in [0.1, 0.15) is 40.2 Å². The van der Waals surface area contributed by atoms with Gasteiger partial charge in [-0.1, -0.05) is 17.7 Å². The zero-order valence-corrected chi connectivity index (χ0v) is 14.5. The average molecular weight is 331 g/mol. The van der Waals surface area contributed by atoms with Crippen LogP contribution in [0.5, 0.6) is 0 Å². The molecular weight excluding hydrogens is 307 g/mol. The van der Waals surface area contributed by atoms with Gasteiger partial charge in [0.25, 0.3) is 0 Å². The van der Waals surface area contributed by atoms with E-state index >= 15 is 0 Å². The van der Waals surface area contributed by atoms with Crippen molar-refractivity contribution in [2.24, 2.45) is 0 Å². The van der Waals surface area contributed by atoms with Crippen molar-refractivity contribution in [1.29, 1.82) is 0 Å². The Balaban J connectivity index is 2.52. The van der Waals surface area contributed by atoms with Gasteiger partial charge in [-0.3, -0.25) is 0 Å². The van der Waals surface area contributed by atoms with Crippen LogP contribution in [0.3, 0.4) is 0 Å². The van der Waals surface area contributed by atoms with Crippen LogP contribution in [0, 0.1) is 5.82 Å². The lowest BCUT2D eigenvalue weighted by molar-refractivity contribution is 0.0513. The summed E-state index contributed by atoms with van der Waals surface area (Å²) in [6, 6.07) is 4.58. The van der Waals surface area contributed by atoms with E-state index in [9.17, 15) is 9.18 Å². The van der Waals surface area contributed by atoms with E-state index in [0.29, 0.717) is 17.1 Å². The minimum atomic E-state index is -0.539. The number of nitrogens with one attached hydrogen (secondary N) is 2. The maximum Gasteiger partial charge on any atom is 0.407 e. The molecule has 0 unspecified atom stereocenters. The fourth-order valence-corrected chi connectivity index (χ4v) is 1.93. The smallest absolute Gasteiger partial charge is 0.407 e. The number of ether oxygens (including phenoxy) is 1. The lowest BCUT2D eigenvalue weighted by Gasteiger charge is -2.28. The number of alkyl carbamates (subject to hydrolysis) is 1.